The lowest BCUT2D eigenvalue weighted by Crippen LogP contribution is -2.06. The summed E-state index contributed by atoms with van der Waals surface area (Å²) in [5, 5.41) is 14.1. The maximum Gasteiger partial charge on any atom is 0.269 e. The molecule has 3 nitrogen and oxygen atoms in total. The average molecular weight is 434 g/mol. The largest absolute Gasteiger partial charge is 0.269 e. The first-order valence-electron chi connectivity index (χ1n) is 12.0. The number of non-ortho nitro benzene ring substituents is 1. The van der Waals surface area contributed by atoms with Crippen LogP contribution in [0.1, 0.15) is 64.1 Å². The van der Waals surface area contributed by atoms with Gasteiger partial charge < -0.3 is 0 Å². The Labute approximate surface area is 194 Å². The Kier molecular flexibility index (Phi) is 4.62. The quantitative estimate of drug-likeness (QED) is 0.162. The molecule has 1 unspecified atom stereocenters. The summed E-state index contributed by atoms with van der Waals surface area (Å²) in [6.07, 6.45) is 5.97. The van der Waals surface area contributed by atoms with Crippen LogP contribution in [0.25, 0.3) is 21.9 Å². The van der Waals surface area contributed by atoms with Gasteiger partial charge in [0.15, 0.2) is 0 Å². The van der Waals surface area contributed by atoms with E-state index in [2.05, 4.69) is 50.2 Å². The molecular weight excluding hydrogens is 406 g/mol. The summed E-state index contributed by atoms with van der Waals surface area (Å²) in [7, 11) is 0. The number of rotatable bonds is 2. The van der Waals surface area contributed by atoms with E-state index in [0.29, 0.717) is 0 Å². The molecule has 33 heavy (non-hydrogen) atoms. The molecule has 0 aromatic heterocycles. The van der Waals surface area contributed by atoms with Crippen LogP contribution in [0.5, 0.6) is 0 Å². The summed E-state index contributed by atoms with van der Waals surface area (Å²) in [5.41, 5.74) is 12.4. The summed E-state index contributed by atoms with van der Waals surface area (Å²) >= 11 is 0. The Bertz CT molecular complexity index is 1430. The van der Waals surface area contributed by atoms with Crippen LogP contribution in [-0.2, 0) is 12.8 Å². The summed E-state index contributed by atoms with van der Waals surface area (Å²) < 4.78 is 0. The topological polar surface area (TPSA) is 43.1 Å². The van der Waals surface area contributed by atoms with E-state index >= 15 is 0 Å². The molecule has 2 aliphatic rings. The Balaban J connectivity index is 1.72. The second-order valence-corrected chi connectivity index (χ2v) is 9.73. The number of nitrogens with zero attached hydrogens (tertiary/aromatic N) is 1. The zero-order valence-corrected chi connectivity index (χ0v) is 19.2. The average Bonchev–Trinajstić information content (AvgIpc) is 2.95. The molecule has 0 spiro atoms. The van der Waals surface area contributed by atoms with Gasteiger partial charge in [0.2, 0.25) is 0 Å². The Hall–Kier alpha value is -3.46. The zero-order chi connectivity index (χ0) is 22.7. The maximum atomic E-state index is 11.3. The molecule has 0 fully saturated rings. The predicted octanol–water partition coefficient (Wildman–Crippen LogP) is 7.79. The van der Waals surface area contributed by atoms with Crippen molar-refractivity contribution >= 4 is 16.5 Å². The molecule has 0 saturated heterocycles. The third kappa shape index (κ3) is 3.10. The maximum absolute atomic E-state index is 11.3. The van der Waals surface area contributed by atoms with Crippen molar-refractivity contribution in [3.63, 3.8) is 0 Å². The van der Waals surface area contributed by atoms with E-state index in [9.17, 15) is 10.1 Å². The number of hydrogen-bond acceptors (Lipinski definition) is 2. The highest BCUT2D eigenvalue weighted by Gasteiger charge is 2.35. The monoisotopic (exact) mass is 433 g/mol. The minimum absolute atomic E-state index is 0.119. The molecular formula is C30H27NO2. The van der Waals surface area contributed by atoms with Gasteiger partial charge in [0.1, 0.15) is 0 Å². The van der Waals surface area contributed by atoms with E-state index in [0.717, 1.165) is 18.4 Å². The molecule has 2 aliphatic carbocycles. The van der Waals surface area contributed by atoms with Crippen LogP contribution in [-0.4, -0.2) is 4.92 Å². The fraction of sp³-hybridized carbons (Fsp3) is 0.267. The van der Waals surface area contributed by atoms with Crippen LogP contribution in [0.15, 0.2) is 60.7 Å². The summed E-state index contributed by atoms with van der Waals surface area (Å²) in [6, 6.07) is 21.0. The first kappa shape index (κ1) is 20.2. The van der Waals surface area contributed by atoms with Crippen molar-refractivity contribution in [2.75, 3.05) is 0 Å². The molecule has 6 rings (SSSR count). The third-order valence-corrected chi connectivity index (χ3v) is 7.60. The summed E-state index contributed by atoms with van der Waals surface area (Å²) in [6.45, 7) is 4.34. The van der Waals surface area contributed by atoms with Gasteiger partial charge in [0, 0.05) is 18.1 Å². The predicted molar refractivity (Wildman–Crippen MR) is 134 cm³/mol. The van der Waals surface area contributed by atoms with Crippen molar-refractivity contribution in [2.24, 2.45) is 0 Å². The van der Waals surface area contributed by atoms with E-state index in [1.54, 1.807) is 12.1 Å². The van der Waals surface area contributed by atoms with Gasteiger partial charge >= 0.3 is 0 Å². The minimum Gasteiger partial charge on any atom is -0.258 e. The summed E-state index contributed by atoms with van der Waals surface area (Å²) in [5.74, 6) is 0.119. The Morgan fingerprint density at radius 1 is 0.788 bits per heavy atom. The highest BCUT2D eigenvalue weighted by molar-refractivity contribution is 6.05. The van der Waals surface area contributed by atoms with Gasteiger partial charge in [-0.25, -0.2) is 0 Å². The van der Waals surface area contributed by atoms with Gasteiger partial charge in [-0.2, -0.15) is 0 Å². The van der Waals surface area contributed by atoms with Gasteiger partial charge in [0.05, 0.1) is 4.92 Å². The van der Waals surface area contributed by atoms with Crippen LogP contribution >= 0.6 is 0 Å². The molecule has 4 aromatic rings. The lowest BCUT2D eigenvalue weighted by molar-refractivity contribution is -0.384. The lowest BCUT2D eigenvalue weighted by Gasteiger charge is -2.22. The van der Waals surface area contributed by atoms with Gasteiger partial charge in [-0.05, 0) is 89.2 Å². The van der Waals surface area contributed by atoms with E-state index in [-0.39, 0.29) is 16.5 Å². The number of benzene rings is 4. The molecule has 0 saturated carbocycles. The number of nitro benzene ring substituents is 1. The Morgan fingerprint density at radius 2 is 1.48 bits per heavy atom. The van der Waals surface area contributed by atoms with Crippen LogP contribution < -0.4 is 0 Å². The lowest BCUT2D eigenvalue weighted by atomic mass is 9.81. The van der Waals surface area contributed by atoms with Crippen molar-refractivity contribution in [1.82, 2.24) is 0 Å². The minimum atomic E-state index is -0.313. The first-order chi connectivity index (χ1) is 16.0. The molecule has 164 valence electrons. The molecule has 4 aromatic carbocycles. The van der Waals surface area contributed by atoms with Crippen LogP contribution in [0.2, 0.25) is 0 Å². The molecule has 0 aliphatic heterocycles. The van der Waals surface area contributed by atoms with Crippen molar-refractivity contribution in [2.45, 2.75) is 51.9 Å². The Morgan fingerprint density at radius 3 is 2.24 bits per heavy atom. The molecule has 0 N–H and O–H groups in total. The van der Waals surface area contributed by atoms with E-state index in [4.69, 9.17) is 0 Å². The molecule has 0 amide bonds. The van der Waals surface area contributed by atoms with Crippen molar-refractivity contribution < 1.29 is 4.92 Å². The standard InChI is InChI=1S/C30H27NO2/c1-18-8-14-24-26(16-18)22-6-4-3-5-7-23(22)30-28(20-10-12-21(13-11-20)31(32)33)27-17-19(2)9-15-25(27)29(24)30/h8-17,28H,3-7H2,1-2H3. The van der Waals surface area contributed by atoms with Gasteiger partial charge in [0.25, 0.3) is 5.69 Å². The van der Waals surface area contributed by atoms with Gasteiger partial charge in [-0.1, -0.05) is 66.1 Å². The molecule has 3 heteroatoms. The second kappa shape index (κ2) is 7.55. The second-order valence-electron chi connectivity index (χ2n) is 9.73. The first-order valence-corrected chi connectivity index (χ1v) is 12.0. The molecule has 0 radical (unpaired) electrons. The van der Waals surface area contributed by atoms with Crippen molar-refractivity contribution in [3.05, 3.63) is 110 Å². The highest BCUT2D eigenvalue weighted by atomic mass is 16.6. The normalized spacial score (nSPS) is 16.7. The van der Waals surface area contributed by atoms with E-state index < -0.39 is 0 Å². The van der Waals surface area contributed by atoms with E-state index in [1.807, 2.05) is 12.1 Å². The number of hydrogen-bond donors (Lipinski definition) is 0. The molecule has 0 heterocycles. The van der Waals surface area contributed by atoms with Gasteiger partial charge in [-0.15, -0.1) is 0 Å². The fourth-order valence-electron chi connectivity index (χ4n) is 6.15. The van der Waals surface area contributed by atoms with Crippen LogP contribution in [0.4, 0.5) is 5.69 Å². The van der Waals surface area contributed by atoms with Crippen molar-refractivity contribution in [3.8, 4) is 11.1 Å². The zero-order valence-electron chi connectivity index (χ0n) is 19.2. The highest BCUT2D eigenvalue weighted by Crippen LogP contribution is 2.54. The smallest absolute Gasteiger partial charge is 0.258 e. The van der Waals surface area contributed by atoms with Crippen LogP contribution in [0.3, 0.4) is 0 Å². The van der Waals surface area contributed by atoms with Crippen molar-refractivity contribution in [1.29, 1.82) is 0 Å². The van der Waals surface area contributed by atoms with E-state index in [1.165, 1.54) is 74.5 Å². The third-order valence-electron chi connectivity index (χ3n) is 7.60. The molecule has 1 atom stereocenters. The molecule has 0 bridgehead atoms. The fourth-order valence-corrected chi connectivity index (χ4v) is 6.15. The van der Waals surface area contributed by atoms with Gasteiger partial charge in [-0.3, -0.25) is 10.1 Å². The number of nitro groups is 1. The SMILES string of the molecule is Cc1ccc2c(c1)C(c1ccc([N+](=O)[O-])cc1)c1c3c(c4cc(C)ccc4c1-2)CCCCC3. The van der Waals surface area contributed by atoms with Crippen LogP contribution in [0, 0.1) is 24.0 Å². The number of aryl methyl sites for hydroxylation is 3. The summed E-state index contributed by atoms with van der Waals surface area (Å²) in [4.78, 5) is 11.0. The number of fused-ring (bicyclic) bond motifs is 8.